The van der Waals surface area contributed by atoms with E-state index in [9.17, 15) is 4.79 Å². The Balaban J connectivity index is 1.42. The average molecular weight is 347 g/mol. The topological polar surface area (TPSA) is 56.1 Å². The minimum atomic E-state index is 0.225. The number of likely N-dealkylation sites (tertiary alicyclic amines) is 1. The zero-order chi connectivity index (χ0) is 17.9. The zero-order valence-electron chi connectivity index (χ0n) is 15.1. The maximum absolute atomic E-state index is 12.7. The molecule has 4 heteroatoms. The second-order valence-electron chi connectivity index (χ2n) is 7.56. The number of carbonyl (C=O) groups is 1. The molecule has 1 amide bonds. The number of hydrogen-bond acceptors (Lipinski definition) is 3. The van der Waals surface area contributed by atoms with Crippen LogP contribution >= 0.6 is 0 Å². The number of fused-ring (bicyclic) bond motifs is 1. The third-order valence-electron chi connectivity index (χ3n) is 5.96. The van der Waals surface area contributed by atoms with E-state index < -0.39 is 0 Å². The molecule has 2 aliphatic heterocycles. The molecule has 0 spiro atoms. The Hall–Kier alpha value is -2.38. The van der Waals surface area contributed by atoms with Gasteiger partial charge in [-0.1, -0.05) is 24.3 Å². The molecule has 0 unspecified atom stereocenters. The summed E-state index contributed by atoms with van der Waals surface area (Å²) < 4.78 is 0. The predicted octanol–water partition coefficient (Wildman–Crippen LogP) is 3.42. The molecule has 2 aromatic rings. The van der Waals surface area contributed by atoms with Crippen LogP contribution in [0, 0.1) is 17.2 Å². The number of benzene rings is 2. The third kappa shape index (κ3) is 3.45. The number of nitrogens with zero attached hydrogens (tertiary/aromatic N) is 2. The summed E-state index contributed by atoms with van der Waals surface area (Å²) in [5.41, 5.74) is 2.06. The van der Waals surface area contributed by atoms with Crippen LogP contribution in [0.1, 0.15) is 42.7 Å². The number of carbonyl (C=O) groups excluding carboxylic acids is 1. The molecule has 0 radical (unpaired) electrons. The Kier molecular flexibility index (Phi) is 4.90. The minimum absolute atomic E-state index is 0.225. The molecule has 2 fully saturated rings. The van der Waals surface area contributed by atoms with Gasteiger partial charge in [0, 0.05) is 19.0 Å². The molecule has 0 aliphatic carbocycles. The molecule has 0 aromatic heterocycles. The molecule has 4 rings (SSSR count). The van der Waals surface area contributed by atoms with Crippen molar-refractivity contribution in [2.24, 2.45) is 5.92 Å². The van der Waals surface area contributed by atoms with Crippen LogP contribution in [-0.4, -0.2) is 37.0 Å². The van der Waals surface area contributed by atoms with E-state index in [0.717, 1.165) is 57.2 Å². The van der Waals surface area contributed by atoms with Gasteiger partial charge in [-0.3, -0.25) is 4.79 Å². The first-order valence-electron chi connectivity index (χ1n) is 9.68. The van der Waals surface area contributed by atoms with Gasteiger partial charge in [-0.05, 0) is 73.2 Å². The summed E-state index contributed by atoms with van der Waals surface area (Å²) in [6.45, 7) is 3.69. The normalized spacial score (nSPS) is 19.4. The van der Waals surface area contributed by atoms with E-state index in [1.54, 1.807) is 0 Å². The van der Waals surface area contributed by atoms with Gasteiger partial charge in [-0.15, -0.1) is 0 Å². The molecule has 2 aromatic carbocycles. The van der Waals surface area contributed by atoms with Crippen molar-refractivity contribution in [1.82, 2.24) is 10.2 Å². The SMILES string of the molecule is N#Cc1ccc2cc(C3CCN(C(=O)C4CCNCC4)CC3)ccc2c1. The number of nitrogens with one attached hydrogen (secondary N) is 1. The highest BCUT2D eigenvalue weighted by Crippen LogP contribution is 2.31. The van der Waals surface area contributed by atoms with Crippen LogP contribution in [-0.2, 0) is 4.79 Å². The second-order valence-corrected chi connectivity index (χ2v) is 7.56. The molecule has 4 nitrogen and oxygen atoms in total. The van der Waals surface area contributed by atoms with Crippen molar-refractivity contribution in [3.05, 3.63) is 47.5 Å². The Labute approximate surface area is 154 Å². The van der Waals surface area contributed by atoms with E-state index in [0.29, 0.717) is 17.4 Å². The van der Waals surface area contributed by atoms with Gasteiger partial charge in [0.1, 0.15) is 0 Å². The Morgan fingerprint density at radius 2 is 1.69 bits per heavy atom. The fraction of sp³-hybridized carbons (Fsp3) is 0.455. The first-order chi connectivity index (χ1) is 12.7. The zero-order valence-corrected chi connectivity index (χ0v) is 15.1. The van der Waals surface area contributed by atoms with Crippen molar-refractivity contribution >= 4 is 16.7 Å². The van der Waals surface area contributed by atoms with Gasteiger partial charge in [0.25, 0.3) is 0 Å². The van der Waals surface area contributed by atoms with Crippen molar-refractivity contribution in [2.45, 2.75) is 31.6 Å². The fourth-order valence-corrected chi connectivity index (χ4v) is 4.35. The molecule has 2 aliphatic rings. The molecule has 134 valence electrons. The third-order valence-corrected chi connectivity index (χ3v) is 5.96. The minimum Gasteiger partial charge on any atom is -0.342 e. The lowest BCUT2D eigenvalue weighted by Gasteiger charge is -2.35. The van der Waals surface area contributed by atoms with Crippen LogP contribution < -0.4 is 5.32 Å². The standard InChI is InChI=1S/C22H25N3O/c23-15-16-1-2-21-14-20(4-3-19(21)13-16)17-7-11-25(12-8-17)22(26)18-5-9-24-10-6-18/h1-4,13-14,17-18,24H,5-12H2. The van der Waals surface area contributed by atoms with E-state index in [2.05, 4.69) is 34.5 Å². The lowest BCUT2D eigenvalue weighted by molar-refractivity contribution is -0.137. The maximum atomic E-state index is 12.7. The van der Waals surface area contributed by atoms with Crippen molar-refractivity contribution < 1.29 is 4.79 Å². The van der Waals surface area contributed by atoms with Crippen LogP contribution in [0.5, 0.6) is 0 Å². The molecule has 2 heterocycles. The van der Waals surface area contributed by atoms with E-state index in [1.807, 2.05) is 18.2 Å². The van der Waals surface area contributed by atoms with Crippen molar-refractivity contribution in [1.29, 1.82) is 5.26 Å². The Morgan fingerprint density at radius 3 is 2.42 bits per heavy atom. The van der Waals surface area contributed by atoms with E-state index >= 15 is 0 Å². The monoisotopic (exact) mass is 347 g/mol. The first kappa shape index (κ1) is 17.1. The number of nitriles is 1. The fourth-order valence-electron chi connectivity index (χ4n) is 4.35. The summed E-state index contributed by atoms with van der Waals surface area (Å²) in [7, 11) is 0. The van der Waals surface area contributed by atoms with Crippen molar-refractivity contribution in [3.8, 4) is 6.07 Å². The molecule has 2 saturated heterocycles. The lowest BCUT2D eigenvalue weighted by Crippen LogP contribution is -2.44. The highest BCUT2D eigenvalue weighted by Gasteiger charge is 2.29. The highest BCUT2D eigenvalue weighted by atomic mass is 16.2. The van der Waals surface area contributed by atoms with E-state index in [4.69, 9.17) is 5.26 Å². The van der Waals surface area contributed by atoms with Crippen LogP contribution in [0.3, 0.4) is 0 Å². The molecule has 1 N–H and O–H groups in total. The summed E-state index contributed by atoms with van der Waals surface area (Å²) in [5.74, 6) is 1.11. The first-order valence-corrected chi connectivity index (χ1v) is 9.68. The smallest absolute Gasteiger partial charge is 0.225 e. The molecule has 0 atom stereocenters. The van der Waals surface area contributed by atoms with Gasteiger partial charge in [0.05, 0.1) is 11.6 Å². The van der Waals surface area contributed by atoms with Gasteiger partial charge in [0.15, 0.2) is 0 Å². The number of amides is 1. The summed E-state index contributed by atoms with van der Waals surface area (Å²) >= 11 is 0. The van der Waals surface area contributed by atoms with E-state index in [-0.39, 0.29) is 5.92 Å². The van der Waals surface area contributed by atoms with Crippen LogP contribution in [0.15, 0.2) is 36.4 Å². The number of piperidine rings is 2. The Bertz CT molecular complexity index is 840. The summed E-state index contributed by atoms with van der Waals surface area (Å²) in [6.07, 6.45) is 4.04. The van der Waals surface area contributed by atoms with Gasteiger partial charge in [-0.2, -0.15) is 5.26 Å². The quantitative estimate of drug-likeness (QED) is 0.906. The van der Waals surface area contributed by atoms with Gasteiger partial charge in [0.2, 0.25) is 5.91 Å². The molecule has 0 saturated carbocycles. The largest absolute Gasteiger partial charge is 0.342 e. The molecular weight excluding hydrogens is 322 g/mol. The van der Waals surface area contributed by atoms with Crippen LogP contribution in [0.25, 0.3) is 10.8 Å². The summed E-state index contributed by atoms with van der Waals surface area (Å²) in [5, 5.41) is 14.7. The van der Waals surface area contributed by atoms with Gasteiger partial charge < -0.3 is 10.2 Å². The highest BCUT2D eigenvalue weighted by molar-refractivity contribution is 5.84. The summed E-state index contributed by atoms with van der Waals surface area (Å²) in [4.78, 5) is 14.8. The van der Waals surface area contributed by atoms with Crippen molar-refractivity contribution in [2.75, 3.05) is 26.2 Å². The molecular formula is C22H25N3O. The van der Waals surface area contributed by atoms with E-state index in [1.165, 1.54) is 10.9 Å². The molecule has 26 heavy (non-hydrogen) atoms. The van der Waals surface area contributed by atoms with Gasteiger partial charge >= 0.3 is 0 Å². The number of hydrogen-bond donors (Lipinski definition) is 1. The summed E-state index contributed by atoms with van der Waals surface area (Å²) in [6, 6.07) is 14.6. The van der Waals surface area contributed by atoms with Gasteiger partial charge in [-0.25, -0.2) is 0 Å². The van der Waals surface area contributed by atoms with Crippen molar-refractivity contribution in [3.63, 3.8) is 0 Å². The predicted molar refractivity (Wildman–Crippen MR) is 103 cm³/mol. The Morgan fingerprint density at radius 1 is 1.00 bits per heavy atom. The van der Waals surface area contributed by atoms with Crippen LogP contribution in [0.2, 0.25) is 0 Å². The van der Waals surface area contributed by atoms with Crippen LogP contribution in [0.4, 0.5) is 0 Å². The molecule has 0 bridgehead atoms. The average Bonchev–Trinajstić information content (AvgIpc) is 2.73. The second kappa shape index (κ2) is 7.47. The maximum Gasteiger partial charge on any atom is 0.225 e. The number of rotatable bonds is 2. The lowest BCUT2D eigenvalue weighted by atomic mass is 9.87.